The average Bonchev–Trinajstić information content (AvgIpc) is 2.16. The maximum atomic E-state index is 8.92. The third-order valence-corrected chi connectivity index (χ3v) is 1.98. The van der Waals surface area contributed by atoms with Crippen molar-refractivity contribution in [1.29, 1.82) is 0 Å². The Morgan fingerprint density at radius 1 is 1.54 bits per heavy atom. The van der Waals surface area contributed by atoms with Crippen LogP contribution < -0.4 is 10.5 Å². The minimum Gasteiger partial charge on any atom is -0.496 e. The van der Waals surface area contributed by atoms with Gasteiger partial charge in [-0.15, -0.1) is 0 Å². The largest absolute Gasteiger partial charge is 0.496 e. The van der Waals surface area contributed by atoms with Crippen LogP contribution in [0.4, 0.5) is 0 Å². The highest BCUT2D eigenvalue weighted by Gasteiger charge is 2.10. The van der Waals surface area contributed by atoms with Crippen LogP contribution >= 0.6 is 0 Å². The van der Waals surface area contributed by atoms with Gasteiger partial charge in [0.15, 0.2) is 0 Å². The van der Waals surface area contributed by atoms with Crippen LogP contribution in [0, 0.1) is 6.92 Å². The van der Waals surface area contributed by atoms with Crippen molar-refractivity contribution in [2.45, 2.75) is 13.0 Å². The maximum absolute atomic E-state index is 8.92. The number of benzene rings is 1. The Hall–Kier alpha value is -1.06. The van der Waals surface area contributed by atoms with E-state index in [0.717, 1.165) is 16.9 Å². The molecular formula is C10H15NO2. The van der Waals surface area contributed by atoms with E-state index in [1.54, 1.807) is 7.11 Å². The van der Waals surface area contributed by atoms with E-state index in [2.05, 4.69) is 0 Å². The van der Waals surface area contributed by atoms with Crippen molar-refractivity contribution in [2.75, 3.05) is 13.7 Å². The fourth-order valence-corrected chi connectivity index (χ4v) is 1.24. The second kappa shape index (κ2) is 4.25. The molecule has 72 valence electrons. The molecule has 0 heterocycles. The van der Waals surface area contributed by atoms with E-state index in [-0.39, 0.29) is 12.6 Å². The summed E-state index contributed by atoms with van der Waals surface area (Å²) in [5.74, 6) is 0.729. The number of aliphatic hydroxyl groups excluding tert-OH is 1. The van der Waals surface area contributed by atoms with Crippen LogP contribution in [0.25, 0.3) is 0 Å². The smallest absolute Gasteiger partial charge is 0.123 e. The van der Waals surface area contributed by atoms with Gasteiger partial charge < -0.3 is 15.6 Å². The van der Waals surface area contributed by atoms with Crippen LogP contribution in [0.3, 0.4) is 0 Å². The number of methoxy groups -OCH3 is 1. The maximum Gasteiger partial charge on any atom is 0.123 e. The number of aliphatic hydroxyl groups is 1. The molecule has 0 aromatic heterocycles. The predicted molar refractivity (Wildman–Crippen MR) is 51.7 cm³/mol. The summed E-state index contributed by atoms with van der Waals surface area (Å²) < 4.78 is 5.13. The molecule has 1 aromatic rings. The lowest BCUT2D eigenvalue weighted by Crippen LogP contribution is -2.15. The third-order valence-electron chi connectivity index (χ3n) is 1.98. The summed E-state index contributed by atoms with van der Waals surface area (Å²) in [6.07, 6.45) is 0. The molecule has 0 aliphatic rings. The number of hydrogen-bond donors (Lipinski definition) is 2. The van der Waals surface area contributed by atoms with Crippen LogP contribution in [0.2, 0.25) is 0 Å². The summed E-state index contributed by atoms with van der Waals surface area (Å²) in [5.41, 5.74) is 7.67. The molecule has 0 saturated carbocycles. The molecule has 0 bridgehead atoms. The van der Waals surface area contributed by atoms with Crippen LogP contribution in [0.15, 0.2) is 18.2 Å². The Kier molecular flexibility index (Phi) is 3.28. The molecule has 3 N–H and O–H groups in total. The summed E-state index contributed by atoms with van der Waals surface area (Å²) in [4.78, 5) is 0. The van der Waals surface area contributed by atoms with Gasteiger partial charge in [-0.2, -0.15) is 0 Å². The normalized spacial score (nSPS) is 12.6. The van der Waals surface area contributed by atoms with Crippen LogP contribution in [0.5, 0.6) is 5.75 Å². The molecule has 1 rings (SSSR count). The molecule has 1 unspecified atom stereocenters. The van der Waals surface area contributed by atoms with Crippen molar-refractivity contribution < 1.29 is 9.84 Å². The van der Waals surface area contributed by atoms with E-state index in [4.69, 9.17) is 15.6 Å². The molecule has 3 nitrogen and oxygen atoms in total. The SMILES string of the molecule is COc1ccc(C)cc1C(N)CO. The number of nitrogens with two attached hydrogens (primary N) is 1. The van der Waals surface area contributed by atoms with Crippen molar-refractivity contribution >= 4 is 0 Å². The van der Waals surface area contributed by atoms with Gasteiger partial charge in [-0.05, 0) is 13.0 Å². The lowest BCUT2D eigenvalue weighted by molar-refractivity contribution is 0.264. The number of hydrogen-bond acceptors (Lipinski definition) is 3. The van der Waals surface area contributed by atoms with Gasteiger partial charge in [0, 0.05) is 5.56 Å². The topological polar surface area (TPSA) is 55.5 Å². The number of aryl methyl sites for hydroxylation is 1. The molecule has 0 aliphatic heterocycles. The summed E-state index contributed by atoms with van der Waals surface area (Å²) in [5, 5.41) is 8.92. The Morgan fingerprint density at radius 3 is 2.77 bits per heavy atom. The van der Waals surface area contributed by atoms with Crippen LogP contribution in [-0.4, -0.2) is 18.8 Å². The molecule has 1 aromatic carbocycles. The van der Waals surface area contributed by atoms with Gasteiger partial charge in [0.2, 0.25) is 0 Å². The Bertz CT molecular complexity index is 286. The fraction of sp³-hybridized carbons (Fsp3) is 0.400. The molecule has 0 aliphatic carbocycles. The van der Waals surface area contributed by atoms with E-state index < -0.39 is 0 Å². The summed E-state index contributed by atoms with van der Waals surface area (Å²) in [7, 11) is 1.60. The number of ether oxygens (including phenoxy) is 1. The van der Waals surface area contributed by atoms with Crippen molar-refractivity contribution in [3.8, 4) is 5.75 Å². The van der Waals surface area contributed by atoms with Crippen molar-refractivity contribution in [1.82, 2.24) is 0 Å². The standard InChI is InChI=1S/C10H15NO2/c1-7-3-4-10(13-2)8(5-7)9(11)6-12/h3-5,9,12H,6,11H2,1-2H3. The summed E-state index contributed by atoms with van der Waals surface area (Å²) in [6, 6.07) is 5.38. The first kappa shape index (κ1) is 10.0. The van der Waals surface area contributed by atoms with Gasteiger partial charge in [-0.1, -0.05) is 17.7 Å². The quantitative estimate of drug-likeness (QED) is 0.731. The van der Waals surface area contributed by atoms with Gasteiger partial charge in [0.1, 0.15) is 5.75 Å². The minimum absolute atomic E-state index is 0.0696. The molecule has 0 saturated heterocycles. The molecular weight excluding hydrogens is 166 g/mol. The molecule has 0 amide bonds. The van der Waals surface area contributed by atoms with Gasteiger partial charge in [-0.25, -0.2) is 0 Å². The van der Waals surface area contributed by atoms with E-state index in [1.165, 1.54) is 0 Å². The molecule has 3 heteroatoms. The van der Waals surface area contributed by atoms with Gasteiger partial charge >= 0.3 is 0 Å². The molecule has 1 atom stereocenters. The Balaban J connectivity index is 3.07. The second-order valence-electron chi connectivity index (χ2n) is 3.03. The first-order valence-electron chi connectivity index (χ1n) is 4.20. The molecule has 0 spiro atoms. The van der Waals surface area contributed by atoms with Gasteiger partial charge in [-0.3, -0.25) is 0 Å². The lowest BCUT2D eigenvalue weighted by atomic mass is 10.0. The van der Waals surface area contributed by atoms with E-state index in [9.17, 15) is 0 Å². The summed E-state index contributed by atoms with van der Waals surface area (Å²) >= 11 is 0. The highest BCUT2D eigenvalue weighted by Crippen LogP contribution is 2.24. The minimum atomic E-state index is -0.366. The predicted octanol–water partition coefficient (Wildman–Crippen LogP) is 0.996. The second-order valence-corrected chi connectivity index (χ2v) is 3.03. The average molecular weight is 181 g/mol. The highest BCUT2D eigenvalue weighted by molar-refractivity contribution is 5.38. The molecule has 13 heavy (non-hydrogen) atoms. The first-order valence-corrected chi connectivity index (χ1v) is 4.20. The zero-order valence-electron chi connectivity index (χ0n) is 7.95. The Morgan fingerprint density at radius 2 is 2.23 bits per heavy atom. The summed E-state index contributed by atoms with van der Waals surface area (Å²) in [6.45, 7) is 1.91. The van der Waals surface area contributed by atoms with Crippen LogP contribution in [0.1, 0.15) is 17.2 Å². The Labute approximate surface area is 78.1 Å². The van der Waals surface area contributed by atoms with Crippen molar-refractivity contribution in [3.05, 3.63) is 29.3 Å². The van der Waals surface area contributed by atoms with Crippen LogP contribution in [-0.2, 0) is 0 Å². The third kappa shape index (κ3) is 2.20. The van der Waals surface area contributed by atoms with E-state index >= 15 is 0 Å². The lowest BCUT2D eigenvalue weighted by Gasteiger charge is -2.13. The highest BCUT2D eigenvalue weighted by atomic mass is 16.5. The van der Waals surface area contributed by atoms with Crippen molar-refractivity contribution in [3.63, 3.8) is 0 Å². The zero-order chi connectivity index (χ0) is 9.84. The van der Waals surface area contributed by atoms with Gasteiger partial charge in [0.25, 0.3) is 0 Å². The first-order chi connectivity index (χ1) is 6.19. The molecule has 0 fully saturated rings. The van der Waals surface area contributed by atoms with Crippen molar-refractivity contribution in [2.24, 2.45) is 5.73 Å². The number of rotatable bonds is 3. The van der Waals surface area contributed by atoms with E-state index in [0.29, 0.717) is 0 Å². The van der Waals surface area contributed by atoms with E-state index in [1.807, 2.05) is 25.1 Å². The zero-order valence-corrected chi connectivity index (χ0v) is 7.95. The van der Waals surface area contributed by atoms with Gasteiger partial charge in [0.05, 0.1) is 19.8 Å². The molecule has 0 radical (unpaired) electrons. The fourth-order valence-electron chi connectivity index (χ4n) is 1.24. The monoisotopic (exact) mass is 181 g/mol.